The van der Waals surface area contributed by atoms with E-state index < -0.39 is 18.0 Å². The molecule has 3 N–H and O–H groups in total. The lowest BCUT2D eigenvalue weighted by Gasteiger charge is -2.10. The summed E-state index contributed by atoms with van der Waals surface area (Å²) in [7, 11) is 0. The van der Waals surface area contributed by atoms with Gasteiger partial charge in [-0.3, -0.25) is 10.1 Å². The molecule has 0 aromatic carbocycles. The molecule has 1 rings (SSSR count). The van der Waals surface area contributed by atoms with E-state index >= 15 is 0 Å². The van der Waals surface area contributed by atoms with Crippen molar-refractivity contribution < 1.29 is 14.7 Å². The second kappa shape index (κ2) is 5.40. The van der Waals surface area contributed by atoms with E-state index in [0.29, 0.717) is 5.13 Å². The lowest BCUT2D eigenvalue weighted by atomic mass is 10.2. The van der Waals surface area contributed by atoms with Gasteiger partial charge in [0.15, 0.2) is 0 Å². The maximum atomic E-state index is 11.3. The van der Waals surface area contributed by atoms with Gasteiger partial charge in [-0.25, -0.2) is 4.79 Å². The molecule has 2 amide bonds. The van der Waals surface area contributed by atoms with Crippen LogP contribution in [-0.4, -0.2) is 33.3 Å². The van der Waals surface area contributed by atoms with E-state index in [1.807, 2.05) is 0 Å². The lowest BCUT2D eigenvalue weighted by molar-refractivity contribution is -0.137. The summed E-state index contributed by atoms with van der Waals surface area (Å²) in [6.45, 7) is 3.38. The third-order valence-electron chi connectivity index (χ3n) is 1.60. The van der Waals surface area contributed by atoms with Crippen LogP contribution in [0, 0.1) is 6.92 Å². The molecule has 0 radical (unpaired) electrons. The third-order valence-corrected chi connectivity index (χ3v) is 2.36. The van der Waals surface area contributed by atoms with Crippen molar-refractivity contribution in [3.8, 4) is 0 Å². The number of hydrogen-bond donors (Lipinski definition) is 3. The number of carbonyl (C=O) groups excluding carboxylic acids is 1. The summed E-state index contributed by atoms with van der Waals surface area (Å²) in [6, 6.07) is -0.920. The minimum Gasteiger partial charge on any atom is -0.481 e. The summed E-state index contributed by atoms with van der Waals surface area (Å²) in [5.74, 6) is -0.959. The number of nitrogens with one attached hydrogen (secondary N) is 2. The van der Waals surface area contributed by atoms with Crippen LogP contribution < -0.4 is 10.6 Å². The van der Waals surface area contributed by atoms with E-state index in [2.05, 4.69) is 20.8 Å². The van der Waals surface area contributed by atoms with Gasteiger partial charge in [-0.2, -0.15) is 0 Å². The van der Waals surface area contributed by atoms with Crippen LogP contribution in [0.2, 0.25) is 0 Å². The Morgan fingerprint density at radius 2 is 2.19 bits per heavy atom. The molecular formula is C8H12N4O3S. The molecule has 0 fully saturated rings. The van der Waals surface area contributed by atoms with Crippen molar-refractivity contribution in [1.82, 2.24) is 15.5 Å². The molecule has 1 aromatic rings. The minimum absolute atomic E-state index is 0.122. The number of nitrogens with zero attached hydrogens (tertiary/aromatic N) is 2. The standard InChI is InChI=1S/C8H12N4O3S/c1-4(3-6(13)14)9-7(15)10-8-12-11-5(2)16-8/h4H,3H2,1-2H3,(H,13,14)(H2,9,10,12,15). The minimum atomic E-state index is -0.959. The predicted octanol–water partition coefficient (Wildman–Crippen LogP) is 0.831. The fourth-order valence-electron chi connectivity index (χ4n) is 1.02. The van der Waals surface area contributed by atoms with E-state index in [0.717, 1.165) is 5.01 Å². The second-order valence-electron chi connectivity index (χ2n) is 3.22. The van der Waals surface area contributed by atoms with Crippen LogP contribution in [0.5, 0.6) is 0 Å². The van der Waals surface area contributed by atoms with Gasteiger partial charge in [0, 0.05) is 6.04 Å². The first-order valence-electron chi connectivity index (χ1n) is 4.57. The molecule has 0 spiro atoms. The van der Waals surface area contributed by atoms with Gasteiger partial charge in [-0.15, -0.1) is 10.2 Å². The molecule has 0 saturated heterocycles. The van der Waals surface area contributed by atoms with Crippen molar-refractivity contribution in [3.63, 3.8) is 0 Å². The fraction of sp³-hybridized carbons (Fsp3) is 0.500. The van der Waals surface area contributed by atoms with Gasteiger partial charge in [-0.1, -0.05) is 11.3 Å². The van der Waals surface area contributed by atoms with Crippen LogP contribution in [0.15, 0.2) is 0 Å². The number of aryl methyl sites for hydroxylation is 1. The number of rotatable bonds is 4. The maximum Gasteiger partial charge on any atom is 0.321 e. The molecular weight excluding hydrogens is 232 g/mol. The Labute approximate surface area is 95.9 Å². The predicted molar refractivity (Wildman–Crippen MR) is 58.5 cm³/mol. The highest BCUT2D eigenvalue weighted by Gasteiger charge is 2.12. The van der Waals surface area contributed by atoms with Crippen molar-refractivity contribution in [2.75, 3.05) is 5.32 Å². The lowest BCUT2D eigenvalue weighted by Crippen LogP contribution is -2.37. The van der Waals surface area contributed by atoms with Crippen molar-refractivity contribution in [1.29, 1.82) is 0 Å². The molecule has 1 heterocycles. The number of hydrogen-bond acceptors (Lipinski definition) is 5. The highest BCUT2D eigenvalue weighted by molar-refractivity contribution is 7.15. The van der Waals surface area contributed by atoms with E-state index in [1.165, 1.54) is 11.3 Å². The smallest absolute Gasteiger partial charge is 0.321 e. The van der Waals surface area contributed by atoms with Crippen molar-refractivity contribution in [2.24, 2.45) is 0 Å². The van der Waals surface area contributed by atoms with Gasteiger partial charge in [0.05, 0.1) is 6.42 Å². The second-order valence-corrected chi connectivity index (χ2v) is 4.41. The van der Waals surface area contributed by atoms with Crippen molar-refractivity contribution >= 4 is 28.5 Å². The van der Waals surface area contributed by atoms with Crippen LogP contribution in [0.3, 0.4) is 0 Å². The molecule has 0 aliphatic carbocycles. The summed E-state index contributed by atoms with van der Waals surface area (Å²) >= 11 is 1.25. The first-order chi connectivity index (χ1) is 7.47. The molecule has 1 unspecified atom stereocenters. The number of aromatic nitrogens is 2. The molecule has 8 heteroatoms. The number of carboxylic acids is 1. The Balaban J connectivity index is 2.38. The van der Waals surface area contributed by atoms with Gasteiger partial charge < -0.3 is 10.4 Å². The Hall–Kier alpha value is -1.70. The maximum absolute atomic E-state index is 11.3. The van der Waals surface area contributed by atoms with E-state index in [4.69, 9.17) is 5.11 Å². The molecule has 0 bridgehead atoms. The van der Waals surface area contributed by atoms with E-state index in [-0.39, 0.29) is 6.42 Å². The first-order valence-corrected chi connectivity index (χ1v) is 5.38. The number of anilines is 1. The van der Waals surface area contributed by atoms with Crippen molar-refractivity contribution in [2.45, 2.75) is 26.3 Å². The highest BCUT2D eigenvalue weighted by Crippen LogP contribution is 2.13. The van der Waals surface area contributed by atoms with Gasteiger partial charge in [-0.05, 0) is 13.8 Å². The number of urea groups is 1. The summed E-state index contributed by atoms with van der Waals surface area (Å²) in [5.41, 5.74) is 0. The quantitative estimate of drug-likeness (QED) is 0.727. The van der Waals surface area contributed by atoms with Crippen LogP contribution in [0.4, 0.5) is 9.93 Å². The Morgan fingerprint density at radius 1 is 1.50 bits per heavy atom. The first kappa shape index (κ1) is 12.4. The zero-order chi connectivity index (χ0) is 12.1. The topological polar surface area (TPSA) is 104 Å². The van der Waals surface area contributed by atoms with Crippen LogP contribution in [0.25, 0.3) is 0 Å². The molecule has 16 heavy (non-hydrogen) atoms. The monoisotopic (exact) mass is 244 g/mol. The van der Waals surface area contributed by atoms with Crippen LogP contribution in [0.1, 0.15) is 18.4 Å². The third kappa shape index (κ3) is 4.22. The fourth-order valence-corrected chi connectivity index (χ4v) is 1.60. The molecule has 0 aliphatic heterocycles. The molecule has 0 aliphatic rings. The van der Waals surface area contributed by atoms with Gasteiger partial charge in [0.2, 0.25) is 5.13 Å². The molecule has 88 valence electrons. The molecule has 1 aromatic heterocycles. The average molecular weight is 244 g/mol. The number of carbonyl (C=O) groups is 2. The zero-order valence-electron chi connectivity index (χ0n) is 8.85. The largest absolute Gasteiger partial charge is 0.481 e. The summed E-state index contributed by atoms with van der Waals surface area (Å²) in [4.78, 5) is 21.7. The molecule has 7 nitrogen and oxygen atoms in total. The summed E-state index contributed by atoms with van der Waals surface area (Å²) in [5, 5.41) is 22.0. The zero-order valence-corrected chi connectivity index (χ0v) is 9.67. The van der Waals surface area contributed by atoms with Crippen molar-refractivity contribution in [3.05, 3.63) is 5.01 Å². The molecule has 1 atom stereocenters. The van der Waals surface area contributed by atoms with Gasteiger partial charge in [0.1, 0.15) is 5.01 Å². The molecule has 0 saturated carbocycles. The number of amides is 2. The van der Waals surface area contributed by atoms with Gasteiger partial charge in [0.25, 0.3) is 0 Å². The summed E-state index contributed by atoms with van der Waals surface area (Å²) in [6.07, 6.45) is -0.122. The number of aliphatic carboxylic acids is 1. The number of carboxylic acid groups (broad SMARTS) is 1. The SMILES string of the molecule is Cc1nnc(NC(=O)NC(C)CC(=O)O)s1. The van der Waals surface area contributed by atoms with E-state index in [9.17, 15) is 9.59 Å². The average Bonchev–Trinajstić information content (AvgIpc) is 2.48. The normalized spacial score (nSPS) is 11.9. The summed E-state index contributed by atoms with van der Waals surface area (Å²) < 4.78 is 0. The Kier molecular flexibility index (Phi) is 4.18. The van der Waals surface area contributed by atoms with Crippen LogP contribution >= 0.6 is 11.3 Å². The Bertz CT molecular complexity index is 392. The van der Waals surface area contributed by atoms with Gasteiger partial charge >= 0.3 is 12.0 Å². The Morgan fingerprint density at radius 3 is 2.69 bits per heavy atom. The van der Waals surface area contributed by atoms with E-state index in [1.54, 1.807) is 13.8 Å². The van der Waals surface area contributed by atoms with Crippen LogP contribution in [-0.2, 0) is 4.79 Å². The highest BCUT2D eigenvalue weighted by atomic mass is 32.1.